The van der Waals surface area contributed by atoms with Crippen LogP contribution < -0.4 is 5.32 Å². The van der Waals surface area contributed by atoms with Crippen molar-refractivity contribution in [2.24, 2.45) is 5.92 Å². The minimum Gasteiger partial charge on any atom is -0.468 e. The molecule has 0 saturated heterocycles. The highest BCUT2D eigenvalue weighted by Crippen LogP contribution is 2.33. The van der Waals surface area contributed by atoms with Gasteiger partial charge in [-0.2, -0.15) is 0 Å². The van der Waals surface area contributed by atoms with Gasteiger partial charge in [0.25, 0.3) is 0 Å². The van der Waals surface area contributed by atoms with Crippen LogP contribution in [0, 0.1) is 5.92 Å². The molecule has 0 spiro atoms. The highest BCUT2D eigenvalue weighted by Gasteiger charge is 2.37. The van der Waals surface area contributed by atoms with Crippen molar-refractivity contribution in [3.8, 4) is 0 Å². The van der Waals surface area contributed by atoms with Crippen molar-refractivity contribution < 1.29 is 9.53 Å². The third-order valence-electron chi connectivity index (χ3n) is 2.76. The molecule has 0 aromatic heterocycles. The molecule has 3 atom stereocenters. The Morgan fingerprint density at radius 1 is 1.62 bits per heavy atom. The van der Waals surface area contributed by atoms with Crippen molar-refractivity contribution in [3.63, 3.8) is 0 Å². The molecule has 0 heterocycles. The van der Waals surface area contributed by atoms with Gasteiger partial charge in [-0.05, 0) is 18.8 Å². The van der Waals surface area contributed by atoms with Gasteiger partial charge < -0.3 is 10.1 Å². The molecule has 1 N–H and O–H groups in total. The lowest BCUT2D eigenvalue weighted by Crippen LogP contribution is -2.39. The van der Waals surface area contributed by atoms with E-state index in [2.05, 4.69) is 12.2 Å². The number of carbonyl (C=O) groups excluding carboxylic acids is 1. The summed E-state index contributed by atoms with van der Waals surface area (Å²) < 4.78 is 4.70. The van der Waals surface area contributed by atoms with E-state index >= 15 is 0 Å². The molecule has 3 nitrogen and oxygen atoms in total. The molecule has 13 heavy (non-hydrogen) atoms. The van der Waals surface area contributed by atoms with Gasteiger partial charge in [0.1, 0.15) is 6.04 Å². The molecule has 0 aromatic rings. The number of ether oxygens (including phenoxy) is 1. The highest BCUT2D eigenvalue weighted by atomic mass is 16.5. The second kappa shape index (κ2) is 4.61. The smallest absolute Gasteiger partial charge is 0.322 e. The van der Waals surface area contributed by atoms with Crippen molar-refractivity contribution in [2.45, 2.75) is 45.2 Å². The largest absolute Gasteiger partial charge is 0.468 e. The van der Waals surface area contributed by atoms with Gasteiger partial charge in [0.15, 0.2) is 0 Å². The Morgan fingerprint density at radius 3 is 2.69 bits per heavy atom. The number of carbonyl (C=O) groups is 1. The van der Waals surface area contributed by atoms with Crippen LogP contribution in [0.4, 0.5) is 0 Å². The summed E-state index contributed by atoms with van der Waals surface area (Å²) in [4.78, 5) is 11.2. The quantitative estimate of drug-likeness (QED) is 0.657. The lowest BCUT2D eigenvalue weighted by atomic mass is 10.2. The van der Waals surface area contributed by atoms with Gasteiger partial charge in [-0.25, -0.2) is 0 Å². The Bertz CT molecular complexity index is 182. The molecule has 1 aliphatic carbocycles. The minimum atomic E-state index is -0.135. The summed E-state index contributed by atoms with van der Waals surface area (Å²) in [6.07, 6.45) is 3.22. The van der Waals surface area contributed by atoms with E-state index < -0.39 is 0 Å². The van der Waals surface area contributed by atoms with E-state index in [-0.39, 0.29) is 12.0 Å². The fourth-order valence-corrected chi connectivity index (χ4v) is 1.66. The fraction of sp³-hybridized carbons (Fsp3) is 0.900. The molecule has 1 aliphatic rings. The van der Waals surface area contributed by atoms with Crippen LogP contribution in [0.3, 0.4) is 0 Å². The van der Waals surface area contributed by atoms with E-state index in [1.54, 1.807) is 0 Å². The first-order valence-corrected chi connectivity index (χ1v) is 5.06. The average molecular weight is 185 g/mol. The maximum atomic E-state index is 11.2. The van der Waals surface area contributed by atoms with Crippen LogP contribution in [0.5, 0.6) is 0 Å². The van der Waals surface area contributed by atoms with Crippen LogP contribution in [0.2, 0.25) is 0 Å². The maximum absolute atomic E-state index is 11.2. The Kier molecular flexibility index (Phi) is 3.72. The van der Waals surface area contributed by atoms with Crippen LogP contribution in [0.25, 0.3) is 0 Å². The van der Waals surface area contributed by atoms with Gasteiger partial charge in [-0.1, -0.05) is 20.3 Å². The van der Waals surface area contributed by atoms with Gasteiger partial charge >= 0.3 is 5.97 Å². The lowest BCUT2D eigenvalue weighted by molar-refractivity contribution is -0.143. The summed E-state index contributed by atoms with van der Waals surface area (Å²) in [5.41, 5.74) is 0. The highest BCUT2D eigenvalue weighted by molar-refractivity contribution is 5.75. The Hall–Kier alpha value is -0.570. The first-order valence-electron chi connectivity index (χ1n) is 5.06. The first kappa shape index (κ1) is 10.5. The molecule has 0 radical (unpaired) electrons. The van der Waals surface area contributed by atoms with Crippen LogP contribution in [-0.2, 0) is 9.53 Å². The van der Waals surface area contributed by atoms with Crippen molar-refractivity contribution in [3.05, 3.63) is 0 Å². The van der Waals surface area contributed by atoms with E-state index in [0.717, 1.165) is 12.3 Å². The van der Waals surface area contributed by atoms with Gasteiger partial charge in [0.05, 0.1) is 7.11 Å². The van der Waals surface area contributed by atoms with Crippen LogP contribution in [-0.4, -0.2) is 25.2 Å². The normalized spacial score (nSPS) is 28.2. The van der Waals surface area contributed by atoms with E-state index in [9.17, 15) is 4.79 Å². The third-order valence-corrected chi connectivity index (χ3v) is 2.76. The third kappa shape index (κ3) is 2.69. The predicted octanol–water partition coefficient (Wildman–Crippen LogP) is 1.33. The molecule has 76 valence electrons. The molecular formula is C10H19NO2. The molecule has 0 amide bonds. The number of nitrogens with one attached hydrogen (secondary N) is 1. The first-order chi connectivity index (χ1) is 6.22. The molecule has 1 saturated carbocycles. The Balaban J connectivity index is 2.29. The lowest BCUT2D eigenvalue weighted by Gasteiger charge is -2.13. The van der Waals surface area contributed by atoms with Gasteiger partial charge in [0.2, 0.25) is 0 Å². The van der Waals surface area contributed by atoms with Gasteiger partial charge in [0, 0.05) is 6.04 Å². The van der Waals surface area contributed by atoms with E-state index in [1.807, 2.05) is 6.92 Å². The topological polar surface area (TPSA) is 38.3 Å². The van der Waals surface area contributed by atoms with Crippen LogP contribution >= 0.6 is 0 Å². The van der Waals surface area contributed by atoms with Crippen molar-refractivity contribution in [2.75, 3.05) is 7.11 Å². The van der Waals surface area contributed by atoms with E-state index in [0.29, 0.717) is 6.04 Å². The standard InChI is InChI=1S/C10H19NO2/c1-4-7-6-9(7)11-8(5-2)10(12)13-3/h7-9,11H,4-6H2,1-3H3. The molecule has 0 aromatic carbocycles. The minimum absolute atomic E-state index is 0.105. The second-order valence-electron chi connectivity index (χ2n) is 3.66. The Morgan fingerprint density at radius 2 is 2.31 bits per heavy atom. The molecular weight excluding hydrogens is 166 g/mol. The number of rotatable bonds is 5. The second-order valence-corrected chi connectivity index (χ2v) is 3.66. The summed E-state index contributed by atoms with van der Waals surface area (Å²) in [6, 6.07) is 0.445. The number of hydrogen-bond acceptors (Lipinski definition) is 3. The van der Waals surface area contributed by atoms with E-state index in [4.69, 9.17) is 4.74 Å². The molecule has 3 heteroatoms. The summed E-state index contributed by atoms with van der Waals surface area (Å²) in [7, 11) is 1.44. The fourth-order valence-electron chi connectivity index (χ4n) is 1.66. The molecule has 0 aliphatic heterocycles. The molecule has 0 bridgehead atoms. The zero-order chi connectivity index (χ0) is 9.84. The average Bonchev–Trinajstić information content (AvgIpc) is 2.91. The summed E-state index contributed by atoms with van der Waals surface area (Å²) >= 11 is 0. The SMILES string of the molecule is CCC(NC1CC1CC)C(=O)OC. The van der Waals surface area contributed by atoms with Crippen LogP contribution in [0.15, 0.2) is 0 Å². The monoisotopic (exact) mass is 185 g/mol. The van der Waals surface area contributed by atoms with Crippen molar-refractivity contribution in [1.29, 1.82) is 0 Å². The number of hydrogen-bond donors (Lipinski definition) is 1. The molecule has 1 fully saturated rings. The summed E-state index contributed by atoms with van der Waals surface area (Å²) in [5.74, 6) is 0.642. The molecule has 1 rings (SSSR count). The van der Waals surface area contributed by atoms with Gasteiger partial charge in [-0.3, -0.25) is 4.79 Å². The maximum Gasteiger partial charge on any atom is 0.322 e. The summed E-state index contributed by atoms with van der Waals surface area (Å²) in [5, 5.41) is 3.32. The zero-order valence-electron chi connectivity index (χ0n) is 8.67. The predicted molar refractivity (Wildman–Crippen MR) is 51.4 cm³/mol. The number of esters is 1. The zero-order valence-corrected chi connectivity index (χ0v) is 8.67. The molecule has 3 unspecified atom stereocenters. The van der Waals surface area contributed by atoms with Crippen molar-refractivity contribution in [1.82, 2.24) is 5.32 Å². The Labute approximate surface area is 79.8 Å². The van der Waals surface area contributed by atoms with Crippen LogP contribution in [0.1, 0.15) is 33.1 Å². The van der Waals surface area contributed by atoms with Crippen molar-refractivity contribution >= 4 is 5.97 Å². The number of methoxy groups -OCH3 is 1. The van der Waals surface area contributed by atoms with E-state index in [1.165, 1.54) is 20.0 Å². The summed E-state index contributed by atoms with van der Waals surface area (Å²) in [6.45, 7) is 4.18. The van der Waals surface area contributed by atoms with Gasteiger partial charge in [-0.15, -0.1) is 0 Å².